The van der Waals surface area contributed by atoms with Gasteiger partial charge in [-0.2, -0.15) is 13.2 Å². The van der Waals surface area contributed by atoms with Gasteiger partial charge in [0.05, 0.1) is 5.52 Å². The number of benzene rings is 1. The van der Waals surface area contributed by atoms with E-state index >= 15 is 0 Å². The van der Waals surface area contributed by atoms with Crippen LogP contribution in [0, 0.1) is 0 Å². The third-order valence-electron chi connectivity index (χ3n) is 2.89. The van der Waals surface area contributed by atoms with Crippen LogP contribution in [0.5, 0.6) is 0 Å². The molecule has 0 atom stereocenters. The van der Waals surface area contributed by atoms with Crippen LogP contribution in [0.4, 0.5) is 13.2 Å². The van der Waals surface area contributed by atoms with Crippen molar-refractivity contribution in [3.63, 3.8) is 0 Å². The molecule has 0 bridgehead atoms. The summed E-state index contributed by atoms with van der Waals surface area (Å²) in [6, 6.07) is 9.46. The SMILES string of the molecule is O=c1cc(C(F)(F)F)ncn1-n1ccc2ccccc21. The molecule has 0 fully saturated rings. The Morgan fingerprint density at radius 3 is 2.50 bits per heavy atom. The highest BCUT2D eigenvalue weighted by Crippen LogP contribution is 2.26. The van der Waals surface area contributed by atoms with E-state index in [1.54, 1.807) is 24.4 Å². The molecule has 3 aromatic rings. The molecule has 2 aromatic heterocycles. The summed E-state index contributed by atoms with van der Waals surface area (Å²) < 4.78 is 39.9. The van der Waals surface area contributed by atoms with Crippen molar-refractivity contribution in [2.45, 2.75) is 6.18 Å². The van der Waals surface area contributed by atoms with Crippen LogP contribution >= 0.6 is 0 Å². The standard InChI is InChI=1S/C13H8F3N3O/c14-13(15,16)11-7-12(20)19(8-17-11)18-6-5-9-3-1-2-4-10(9)18/h1-8H. The normalized spacial score (nSPS) is 11.9. The Morgan fingerprint density at radius 1 is 1.05 bits per heavy atom. The van der Waals surface area contributed by atoms with Crippen LogP contribution < -0.4 is 5.56 Å². The van der Waals surface area contributed by atoms with Gasteiger partial charge in [-0.25, -0.2) is 9.66 Å². The van der Waals surface area contributed by atoms with Crippen LogP contribution in [0.15, 0.2) is 53.7 Å². The number of fused-ring (bicyclic) bond motifs is 1. The number of alkyl halides is 3. The first kappa shape index (κ1) is 12.5. The Balaban J connectivity index is 2.18. The van der Waals surface area contributed by atoms with Crippen molar-refractivity contribution in [1.29, 1.82) is 0 Å². The van der Waals surface area contributed by atoms with Crippen LogP contribution in [0.2, 0.25) is 0 Å². The number of hydrogen-bond acceptors (Lipinski definition) is 2. The monoisotopic (exact) mass is 279 g/mol. The zero-order valence-electron chi connectivity index (χ0n) is 10.0. The highest BCUT2D eigenvalue weighted by molar-refractivity contribution is 5.79. The second-order valence-electron chi connectivity index (χ2n) is 4.17. The molecule has 0 aliphatic carbocycles. The van der Waals surface area contributed by atoms with E-state index in [1.165, 1.54) is 4.68 Å². The number of nitrogens with zero attached hydrogens (tertiary/aromatic N) is 3. The summed E-state index contributed by atoms with van der Waals surface area (Å²) in [5.41, 5.74) is -1.29. The van der Waals surface area contributed by atoms with Crippen molar-refractivity contribution in [1.82, 2.24) is 14.3 Å². The molecule has 0 amide bonds. The largest absolute Gasteiger partial charge is 0.433 e. The predicted octanol–water partition coefficient (Wildman–Crippen LogP) is 2.53. The molecule has 7 heteroatoms. The van der Waals surface area contributed by atoms with Crippen molar-refractivity contribution in [2.75, 3.05) is 0 Å². The molecule has 4 nitrogen and oxygen atoms in total. The fourth-order valence-corrected chi connectivity index (χ4v) is 1.97. The lowest BCUT2D eigenvalue weighted by Gasteiger charge is -2.10. The van der Waals surface area contributed by atoms with Crippen LogP contribution in [0.25, 0.3) is 10.9 Å². The quantitative estimate of drug-likeness (QED) is 0.686. The molecule has 0 radical (unpaired) electrons. The van der Waals surface area contributed by atoms with Gasteiger partial charge < -0.3 is 0 Å². The minimum atomic E-state index is -4.63. The Hall–Kier alpha value is -2.57. The Kier molecular flexibility index (Phi) is 2.63. The van der Waals surface area contributed by atoms with E-state index in [1.807, 2.05) is 12.1 Å². The summed E-state index contributed by atoms with van der Waals surface area (Å²) in [7, 11) is 0. The first-order valence-corrected chi connectivity index (χ1v) is 5.69. The molecule has 1 aromatic carbocycles. The van der Waals surface area contributed by atoms with E-state index in [-0.39, 0.29) is 0 Å². The van der Waals surface area contributed by atoms with E-state index in [4.69, 9.17) is 0 Å². The van der Waals surface area contributed by atoms with Crippen molar-refractivity contribution in [2.24, 2.45) is 0 Å². The third kappa shape index (κ3) is 1.97. The molecule has 0 aliphatic rings. The second-order valence-corrected chi connectivity index (χ2v) is 4.17. The van der Waals surface area contributed by atoms with Gasteiger partial charge in [-0.3, -0.25) is 9.47 Å². The molecule has 0 saturated heterocycles. The summed E-state index contributed by atoms with van der Waals surface area (Å²) in [4.78, 5) is 15.1. The van der Waals surface area contributed by atoms with Crippen molar-refractivity contribution >= 4 is 10.9 Å². The number of aromatic nitrogens is 3. The van der Waals surface area contributed by atoms with Gasteiger partial charge in [-0.1, -0.05) is 18.2 Å². The molecule has 3 rings (SSSR count). The average Bonchev–Trinajstić information content (AvgIpc) is 2.81. The van der Waals surface area contributed by atoms with Crippen molar-refractivity contribution in [3.05, 3.63) is 65.0 Å². The Bertz CT molecular complexity index is 832. The van der Waals surface area contributed by atoms with Crippen molar-refractivity contribution in [3.8, 4) is 0 Å². The lowest BCUT2D eigenvalue weighted by Crippen LogP contribution is -2.27. The van der Waals surface area contributed by atoms with Gasteiger partial charge >= 0.3 is 6.18 Å². The molecular formula is C13H8F3N3O. The van der Waals surface area contributed by atoms with Crippen LogP contribution in [0.3, 0.4) is 0 Å². The van der Waals surface area contributed by atoms with Gasteiger partial charge in [0.1, 0.15) is 6.33 Å². The van der Waals surface area contributed by atoms with E-state index in [9.17, 15) is 18.0 Å². The first-order valence-electron chi connectivity index (χ1n) is 5.69. The molecule has 0 saturated carbocycles. The van der Waals surface area contributed by atoms with E-state index in [2.05, 4.69) is 4.98 Å². The molecule has 102 valence electrons. The smallest absolute Gasteiger partial charge is 0.267 e. The van der Waals surface area contributed by atoms with E-state index in [0.29, 0.717) is 11.6 Å². The summed E-state index contributed by atoms with van der Waals surface area (Å²) in [6.45, 7) is 0. The number of hydrogen-bond donors (Lipinski definition) is 0. The maximum atomic E-state index is 12.5. The summed E-state index contributed by atoms with van der Waals surface area (Å²) in [5, 5.41) is 0.874. The maximum Gasteiger partial charge on any atom is 0.433 e. The lowest BCUT2D eigenvalue weighted by atomic mass is 10.3. The van der Waals surface area contributed by atoms with Gasteiger partial charge in [0, 0.05) is 17.6 Å². The van der Waals surface area contributed by atoms with Gasteiger partial charge in [0.2, 0.25) is 0 Å². The molecule has 0 unspecified atom stereocenters. The van der Waals surface area contributed by atoms with Crippen molar-refractivity contribution < 1.29 is 13.2 Å². The Morgan fingerprint density at radius 2 is 1.80 bits per heavy atom. The molecule has 0 N–H and O–H groups in total. The van der Waals surface area contributed by atoms with Gasteiger partial charge in [-0.15, -0.1) is 0 Å². The van der Waals surface area contributed by atoms with Gasteiger partial charge in [-0.05, 0) is 12.1 Å². The summed E-state index contributed by atoms with van der Waals surface area (Å²) in [5.74, 6) is 0. The number of halogens is 3. The average molecular weight is 279 g/mol. The highest BCUT2D eigenvalue weighted by atomic mass is 19.4. The predicted molar refractivity (Wildman–Crippen MR) is 66.2 cm³/mol. The third-order valence-corrected chi connectivity index (χ3v) is 2.89. The molecular weight excluding hydrogens is 271 g/mol. The molecule has 20 heavy (non-hydrogen) atoms. The first-order chi connectivity index (χ1) is 9.47. The van der Waals surface area contributed by atoms with Crippen LogP contribution in [-0.2, 0) is 6.18 Å². The zero-order chi connectivity index (χ0) is 14.3. The van der Waals surface area contributed by atoms with E-state index in [0.717, 1.165) is 16.4 Å². The second kappa shape index (κ2) is 4.22. The van der Waals surface area contributed by atoms with Gasteiger partial charge in [0.25, 0.3) is 5.56 Å². The minimum Gasteiger partial charge on any atom is -0.267 e. The number of rotatable bonds is 1. The Labute approximate surface area is 110 Å². The summed E-state index contributed by atoms with van der Waals surface area (Å²) in [6.07, 6.45) is -2.16. The summed E-state index contributed by atoms with van der Waals surface area (Å²) >= 11 is 0. The minimum absolute atomic E-state index is 0.481. The maximum absolute atomic E-state index is 12.5. The fourth-order valence-electron chi connectivity index (χ4n) is 1.97. The topological polar surface area (TPSA) is 39.8 Å². The van der Waals surface area contributed by atoms with Crippen LogP contribution in [-0.4, -0.2) is 14.3 Å². The zero-order valence-corrected chi connectivity index (χ0v) is 10.0. The fraction of sp³-hybridized carbons (Fsp3) is 0.0769. The molecule has 0 aliphatic heterocycles. The number of para-hydroxylation sites is 1. The molecule has 2 heterocycles. The van der Waals surface area contributed by atoms with Gasteiger partial charge in [0.15, 0.2) is 5.69 Å². The van der Waals surface area contributed by atoms with E-state index < -0.39 is 17.4 Å². The van der Waals surface area contributed by atoms with Crippen LogP contribution in [0.1, 0.15) is 5.69 Å². The lowest BCUT2D eigenvalue weighted by molar-refractivity contribution is -0.141. The molecule has 0 spiro atoms. The highest BCUT2D eigenvalue weighted by Gasteiger charge is 2.33.